The molecule has 0 fully saturated rings. The lowest BCUT2D eigenvalue weighted by Crippen LogP contribution is -2.37. The summed E-state index contributed by atoms with van der Waals surface area (Å²) in [6.07, 6.45) is 0. The third-order valence-corrected chi connectivity index (χ3v) is 5.43. The third-order valence-electron chi connectivity index (χ3n) is 4.15. The van der Waals surface area contributed by atoms with Gasteiger partial charge >= 0.3 is 5.97 Å². The Labute approximate surface area is 172 Å². The summed E-state index contributed by atoms with van der Waals surface area (Å²) in [4.78, 5) is 33.7. The molecule has 0 unspecified atom stereocenters. The van der Waals surface area contributed by atoms with Crippen LogP contribution in [0.3, 0.4) is 0 Å². The van der Waals surface area contributed by atoms with Crippen LogP contribution in [-0.2, 0) is 4.74 Å². The summed E-state index contributed by atoms with van der Waals surface area (Å²) < 4.78 is 5.72. The zero-order chi connectivity index (χ0) is 20.3. The van der Waals surface area contributed by atoms with Crippen LogP contribution in [0.15, 0.2) is 42.5 Å². The van der Waals surface area contributed by atoms with Crippen LogP contribution in [-0.4, -0.2) is 56.1 Å². The maximum absolute atomic E-state index is 13.4. The number of thiazole rings is 1. The van der Waals surface area contributed by atoms with Crippen LogP contribution in [0.25, 0.3) is 10.2 Å². The van der Waals surface area contributed by atoms with Crippen LogP contribution in [0.2, 0.25) is 5.02 Å². The summed E-state index contributed by atoms with van der Waals surface area (Å²) in [6, 6.07) is 12.1. The van der Waals surface area contributed by atoms with Gasteiger partial charge in [0.1, 0.15) is 0 Å². The second-order valence-electron chi connectivity index (χ2n) is 6.41. The fraction of sp³-hybridized carbons (Fsp3) is 0.250. The van der Waals surface area contributed by atoms with Crippen LogP contribution in [0, 0.1) is 0 Å². The lowest BCUT2D eigenvalue weighted by atomic mass is 10.1. The Morgan fingerprint density at radius 2 is 1.82 bits per heavy atom. The Kier molecular flexibility index (Phi) is 6.28. The quantitative estimate of drug-likeness (QED) is 0.568. The number of benzene rings is 2. The van der Waals surface area contributed by atoms with E-state index in [0.717, 1.165) is 10.2 Å². The first-order valence-corrected chi connectivity index (χ1v) is 9.80. The molecule has 1 aromatic heterocycles. The van der Waals surface area contributed by atoms with Crippen molar-refractivity contribution in [2.75, 3.05) is 39.2 Å². The van der Waals surface area contributed by atoms with E-state index in [4.69, 9.17) is 16.3 Å². The number of hydrogen-bond acceptors (Lipinski definition) is 6. The molecular formula is C20H20ClN3O3S. The molecule has 0 N–H and O–H groups in total. The lowest BCUT2D eigenvalue weighted by Gasteiger charge is -2.22. The van der Waals surface area contributed by atoms with Gasteiger partial charge in [0.25, 0.3) is 5.91 Å². The molecule has 6 nitrogen and oxygen atoms in total. The molecule has 146 valence electrons. The Morgan fingerprint density at radius 3 is 2.50 bits per heavy atom. The molecule has 0 radical (unpaired) electrons. The first-order valence-electron chi connectivity index (χ1n) is 8.60. The van der Waals surface area contributed by atoms with E-state index in [0.29, 0.717) is 23.2 Å². The van der Waals surface area contributed by atoms with Gasteiger partial charge in [-0.1, -0.05) is 35.1 Å². The standard InChI is InChI=1S/C20H20ClN3O3S/c1-23(2)10-11-24(20-22-16-9-8-13(21)12-17(16)28-20)18(25)14-6-4-5-7-15(14)19(26)27-3/h4-9,12H,10-11H2,1-3H3. The molecule has 0 aliphatic heterocycles. The molecule has 28 heavy (non-hydrogen) atoms. The average molecular weight is 418 g/mol. The molecule has 8 heteroatoms. The Morgan fingerprint density at radius 1 is 1.11 bits per heavy atom. The van der Waals surface area contributed by atoms with Crippen molar-refractivity contribution in [3.8, 4) is 0 Å². The highest BCUT2D eigenvalue weighted by molar-refractivity contribution is 7.22. The van der Waals surface area contributed by atoms with Crippen molar-refractivity contribution in [3.63, 3.8) is 0 Å². The zero-order valence-corrected chi connectivity index (χ0v) is 17.4. The SMILES string of the molecule is COC(=O)c1ccccc1C(=O)N(CCN(C)C)c1nc2ccc(Cl)cc2s1. The van der Waals surface area contributed by atoms with Crippen molar-refractivity contribution in [3.05, 3.63) is 58.6 Å². The van der Waals surface area contributed by atoms with E-state index >= 15 is 0 Å². The average Bonchev–Trinajstić information content (AvgIpc) is 3.09. The largest absolute Gasteiger partial charge is 0.465 e. The van der Waals surface area contributed by atoms with Crippen molar-refractivity contribution in [1.29, 1.82) is 0 Å². The smallest absolute Gasteiger partial charge is 0.338 e. The van der Waals surface area contributed by atoms with Gasteiger partial charge in [0.15, 0.2) is 5.13 Å². The Balaban J connectivity index is 2.04. The monoisotopic (exact) mass is 417 g/mol. The number of halogens is 1. The van der Waals surface area contributed by atoms with Gasteiger partial charge in [0, 0.05) is 18.1 Å². The highest BCUT2D eigenvalue weighted by Crippen LogP contribution is 2.31. The van der Waals surface area contributed by atoms with Crippen molar-refractivity contribution in [1.82, 2.24) is 9.88 Å². The molecule has 0 saturated heterocycles. The van der Waals surface area contributed by atoms with E-state index in [1.807, 2.05) is 31.1 Å². The number of fused-ring (bicyclic) bond motifs is 1. The van der Waals surface area contributed by atoms with E-state index in [1.54, 1.807) is 35.2 Å². The normalized spacial score (nSPS) is 11.0. The van der Waals surface area contributed by atoms with Gasteiger partial charge in [0.05, 0.1) is 28.5 Å². The number of methoxy groups -OCH3 is 1. The molecule has 0 atom stereocenters. The molecule has 1 amide bonds. The van der Waals surface area contributed by atoms with Crippen molar-refractivity contribution in [2.45, 2.75) is 0 Å². The van der Waals surface area contributed by atoms with Crippen LogP contribution in [0.5, 0.6) is 0 Å². The molecule has 0 bridgehead atoms. The number of carbonyl (C=O) groups is 2. The summed E-state index contributed by atoms with van der Waals surface area (Å²) in [7, 11) is 5.16. The summed E-state index contributed by atoms with van der Waals surface area (Å²) in [5.41, 5.74) is 1.28. The van der Waals surface area contributed by atoms with Gasteiger partial charge in [-0.25, -0.2) is 9.78 Å². The molecule has 1 heterocycles. The molecule has 3 rings (SSSR count). The molecule has 2 aromatic carbocycles. The van der Waals surface area contributed by atoms with Crippen molar-refractivity contribution >= 4 is 50.2 Å². The number of amides is 1. The van der Waals surface area contributed by atoms with Crippen LogP contribution < -0.4 is 4.90 Å². The highest BCUT2D eigenvalue weighted by Gasteiger charge is 2.25. The number of rotatable bonds is 6. The van der Waals surface area contributed by atoms with Crippen molar-refractivity contribution < 1.29 is 14.3 Å². The summed E-state index contributed by atoms with van der Waals surface area (Å²) in [6.45, 7) is 1.07. The van der Waals surface area contributed by atoms with Gasteiger partial charge in [-0.05, 0) is 44.4 Å². The van der Waals surface area contributed by atoms with Gasteiger partial charge < -0.3 is 9.64 Å². The summed E-state index contributed by atoms with van der Waals surface area (Å²) in [5.74, 6) is -0.847. The molecular weight excluding hydrogens is 398 g/mol. The molecule has 0 saturated carbocycles. The first kappa shape index (κ1) is 20.3. The Bertz CT molecular complexity index is 1020. The number of esters is 1. The second kappa shape index (κ2) is 8.68. The van der Waals surface area contributed by atoms with Gasteiger partial charge in [0.2, 0.25) is 0 Å². The zero-order valence-electron chi connectivity index (χ0n) is 15.8. The topological polar surface area (TPSA) is 62.7 Å². The number of likely N-dealkylation sites (N-methyl/N-ethyl adjacent to an activating group) is 1. The van der Waals surface area contributed by atoms with E-state index < -0.39 is 5.97 Å². The molecule has 3 aromatic rings. The number of ether oxygens (including phenoxy) is 1. The fourth-order valence-corrected chi connectivity index (χ4v) is 3.95. The number of aromatic nitrogens is 1. The van der Waals surface area contributed by atoms with Gasteiger partial charge in [-0.2, -0.15) is 0 Å². The lowest BCUT2D eigenvalue weighted by molar-refractivity contribution is 0.0597. The van der Waals surface area contributed by atoms with Crippen LogP contribution in [0.1, 0.15) is 20.7 Å². The minimum absolute atomic E-state index is 0.231. The number of anilines is 1. The minimum atomic E-state index is -0.549. The number of hydrogen-bond donors (Lipinski definition) is 0. The van der Waals surface area contributed by atoms with E-state index in [2.05, 4.69) is 4.98 Å². The fourth-order valence-electron chi connectivity index (χ4n) is 2.69. The van der Waals surface area contributed by atoms with E-state index in [-0.39, 0.29) is 17.0 Å². The maximum atomic E-state index is 13.4. The second-order valence-corrected chi connectivity index (χ2v) is 7.85. The maximum Gasteiger partial charge on any atom is 0.338 e. The predicted molar refractivity (Wildman–Crippen MR) is 113 cm³/mol. The van der Waals surface area contributed by atoms with Crippen LogP contribution in [0.4, 0.5) is 5.13 Å². The Hall–Kier alpha value is -2.48. The number of nitrogens with zero attached hydrogens (tertiary/aromatic N) is 3. The predicted octanol–water partition coefficient (Wildman–Crippen LogP) is 3.94. The number of carbonyl (C=O) groups excluding carboxylic acids is 2. The molecule has 0 aliphatic carbocycles. The van der Waals surface area contributed by atoms with E-state index in [9.17, 15) is 9.59 Å². The van der Waals surface area contributed by atoms with Crippen LogP contribution >= 0.6 is 22.9 Å². The first-order chi connectivity index (χ1) is 13.4. The highest BCUT2D eigenvalue weighted by atomic mass is 35.5. The van der Waals surface area contributed by atoms with E-state index in [1.165, 1.54) is 18.4 Å². The van der Waals surface area contributed by atoms with Crippen molar-refractivity contribution in [2.24, 2.45) is 0 Å². The molecule has 0 spiro atoms. The summed E-state index contributed by atoms with van der Waals surface area (Å²) in [5, 5.41) is 1.17. The van der Waals surface area contributed by atoms with Gasteiger partial charge in [-0.3, -0.25) is 9.69 Å². The third kappa shape index (κ3) is 4.32. The summed E-state index contributed by atoms with van der Waals surface area (Å²) >= 11 is 7.47. The van der Waals surface area contributed by atoms with Gasteiger partial charge in [-0.15, -0.1) is 0 Å². The molecule has 0 aliphatic rings. The minimum Gasteiger partial charge on any atom is -0.465 e.